The van der Waals surface area contributed by atoms with Gasteiger partial charge in [0.25, 0.3) is 5.91 Å². The number of halogens is 2. The van der Waals surface area contributed by atoms with Gasteiger partial charge in [0.05, 0.1) is 22.3 Å². The number of hydrogen-bond donors (Lipinski definition) is 2. The van der Waals surface area contributed by atoms with Crippen LogP contribution >= 0.6 is 23.2 Å². The molecule has 3 amide bonds. The summed E-state index contributed by atoms with van der Waals surface area (Å²) in [5, 5.41) is 6.88. The third kappa shape index (κ3) is 4.43. The van der Waals surface area contributed by atoms with Gasteiger partial charge in [-0.2, -0.15) is 5.10 Å². The van der Waals surface area contributed by atoms with E-state index in [0.29, 0.717) is 15.7 Å². The smallest absolute Gasteiger partial charge is 0.270 e. The first kappa shape index (κ1) is 17.2. The maximum Gasteiger partial charge on any atom is 0.270 e. The van der Waals surface area contributed by atoms with Crippen LogP contribution in [0.15, 0.2) is 23.3 Å². The van der Waals surface area contributed by atoms with Crippen LogP contribution in [0.4, 0.5) is 5.69 Å². The highest BCUT2D eigenvalue weighted by atomic mass is 35.5. The number of hydrazone groups is 1. The second kappa shape index (κ2) is 7.43. The van der Waals surface area contributed by atoms with Crippen molar-refractivity contribution in [1.29, 1.82) is 0 Å². The van der Waals surface area contributed by atoms with Crippen molar-refractivity contribution in [2.45, 2.75) is 12.8 Å². The lowest BCUT2D eigenvalue weighted by Crippen LogP contribution is -2.41. The van der Waals surface area contributed by atoms with E-state index in [9.17, 15) is 14.4 Å². The van der Waals surface area contributed by atoms with Crippen LogP contribution in [-0.4, -0.2) is 41.9 Å². The highest BCUT2D eigenvalue weighted by molar-refractivity contribution is 6.40. The average Bonchev–Trinajstić information content (AvgIpc) is 2.51. The fourth-order valence-corrected chi connectivity index (χ4v) is 2.42. The van der Waals surface area contributed by atoms with E-state index in [2.05, 4.69) is 15.8 Å². The maximum atomic E-state index is 12.1. The molecule has 0 spiro atoms. The minimum atomic E-state index is -0.448. The summed E-state index contributed by atoms with van der Waals surface area (Å²) >= 11 is 11.9. The minimum Gasteiger partial charge on any atom is -0.331 e. The van der Waals surface area contributed by atoms with Gasteiger partial charge >= 0.3 is 0 Å². The Hall–Kier alpha value is -2.12. The zero-order chi connectivity index (χ0) is 17.0. The molecule has 0 aliphatic carbocycles. The van der Waals surface area contributed by atoms with E-state index in [1.165, 1.54) is 11.9 Å². The van der Waals surface area contributed by atoms with Gasteiger partial charge in [-0.25, -0.2) is 5.43 Å². The molecule has 122 valence electrons. The van der Waals surface area contributed by atoms with Crippen LogP contribution in [0.2, 0.25) is 10.0 Å². The molecule has 0 bridgehead atoms. The number of nitrogens with one attached hydrogen (secondary N) is 2. The number of carbonyl (C=O) groups excluding carboxylic acids is 3. The molecule has 0 radical (unpaired) electrons. The Labute approximate surface area is 142 Å². The van der Waals surface area contributed by atoms with Gasteiger partial charge in [-0.1, -0.05) is 29.3 Å². The van der Waals surface area contributed by atoms with Crippen molar-refractivity contribution in [3.8, 4) is 0 Å². The molecule has 0 fully saturated rings. The third-order valence-corrected chi connectivity index (χ3v) is 3.74. The maximum absolute atomic E-state index is 12.1. The number of anilines is 1. The first-order chi connectivity index (χ1) is 10.9. The molecule has 9 heteroatoms. The van der Waals surface area contributed by atoms with Gasteiger partial charge in [0.1, 0.15) is 5.71 Å². The van der Waals surface area contributed by atoms with Crippen LogP contribution in [0.1, 0.15) is 12.8 Å². The molecule has 0 aromatic heterocycles. The number of nitrogens with zero attached hydrogens (tertiary/aromatic N) is 2. The number of rotatable bonds is 4. The summed E-state index contributed by atoms with van der Waals surface area (Å²) in [6.07, 6.45) is 0.437. The fourth-order valence-electron chi connectivity index (χ4n) is 1.93. The van der Waals surface area contributed by atoms with E-state index in [-0.39, 0.29) is 31.0 Å². The summed E-state index contributed by atoms with van der Waals surface area (Å²) in [7, 11) is 1.47. The lowest BCUT2D eigenvalue weighted by molar-refractivity contribution is -0.128. The summed E-state index contributed by atoms with van der Waals surface area (Å²) in [6.45, 7) is -0.201. The molecule has 2 N–H and O–H groups in total. The van der Waals surface area contributed by atoms with Crippen LogP contribution in [0.5, 0.6) is 0 Å². The lowest BCUT2D eigenvalue weighted by Gasteiger charge is -2.19. The standard InChI is InChI=1S/C14H14Cl2N4O3/c1-20(14(23)10-5-6-11(21)19-18-10)7-12(22)17-13-8(15)3-2-4-9(13)16/h2-4H,5-7H2,1H3,(H,17,22)(H,19,21). The van der Waals surface area contributed by atoms with Crippen molar-refractivity contribution < 1.29 is 14.4 Å². The predicted molar refractivity (Wildman–Crippen MR) is 87.5 cm³/mol. The molecule has 1 heterocycles. The van der Waals surface area contributed by atoms with Crippen LogP contribution in [-0.2, 0) is 14.4 Å². The topological polar surface area (TPSA) is 90.9 Å². The number of carbonyl (C=O) groups is 3. The Kier molecular flexibility index (Phi) is 5.57. The molecule has 23 heavy (non-hydrogen) atoms. The highest BCUT2D eigenvalue weighted by Crippen LogP contribution is 2.29. The van der Waals surface area contributed by atoms with Crippen LogP contribution < -0.4 is 10.7 Å². The van der Waals surface area contributed by atoms with E-state index in [4.69, 9.17) is 23.2 Å². The molecule has 1 aliphatic rings. The Balaban J connectivity index is 1.97. The van der Waals surface area contributed by atoms with Crippen molar-refractivity contribution in [3.05, 3.63) is 28.2 Å². The largest absolute Gasteiger partial charge is 0.331 e. The summed E-state index contributed by atoms with van der Waals surface area (Å²) in [4.78, 5) is 36.4. The monoisotopic (exact) mass is 356 g/mol. The number of hydrogen-bond acceptors (Lipinski definition) is 4. The Morgan fingerprint density at radius 1 is 1.30 bits per heavy atom. The first-order valence-corrected chi connectivity index (χ1v) is 7.49. The second-order valence-corrected chi connectivity index (χ2v) is 5.71. The zero-order valence-corrected chi connectivity index (χ0v) is 13.7. The fraction of sp³-hybridized carbons (Fsp3) is 0.286. The van der Waals surface area contributed by atoms with E-state index in [1.807, 2.05) is 0 Å². The molecule has 1 aliphatic heterocycles. The molecule has 2 rings (SSSR count). The van der Waals surface area contributed by atoms with Gasteiger partial charge in [0, 0.05) is 19.9 Å². The number of amides is 3. The van der Waals surface area contributed by atoms with Crippen molar-refractivity contribution in [2.24, 2.45) is 5.10 Å². The number of likely N-dealkylation sites (N-methyl/N-ethyl adjacent to an activating group) is 1. The SMILES string of the molecule is CN(CC(=O)Nc1c(Cl)cccc1Cl)C(=O)C1=NNC(=O)CC1. The number of benzene rings is 1. The minimum absolute atomic E-state index is 0.194. The van der Waals surface area contributed by atoms with Gasteiger partial charge in [-0.05, 0) is 12.1 Å². The summed E-state index contributed by atoms with van der Waals surface area (Å²) in [6, 6.07) is 4.85. The van der Waals surface area contributed by atoms with Crippen molar-refractivity contribution >= 4 is 52.3 Å². The molecular weight excluding hydrogens is 343 g/mol. The van der Waals surface area contributed by atoms with Crippen molar-refractivity contribution in [3.63, 3.8) is 0 Å². The van der Waals surface area contributed by atoms with Crippen LogP contribution in [0, 0.1) is 0 Å². The van der Waals surface area contributed by atoms with E-state index >= 15 is 0 Å². The van der Waals surface area contributed by atoms with Crippen molar-refractivity contribution in [1.82, 2.24) is 10.3 Å². The molecule has 1 aromatic carbocycles. The molecule has 0 unspecified atom stereocenters. The van der Waals surface area contributed by atoms with Gasteiger partial charge in [-0.15, -0.1) is 0 Å². The summed E-state index contributed by atoms with van der Waals surface area (Å²) in [5.74, 6) is -1.11. The molecular formula is C14H14Cl2N4O3. The molecule has 0 atom stereocenters. The van der Waals surface area contributed by atoms with Crippen LogP contribution in [0.3, 0.4) is 0 Å². The Morgan fingerprint density at radius 3 is 2.52 bits per heavy atom. The molecule has 0 saturated heterocycles. The second-order valence-electron chi connectivity index (χ2n) is 4.90. The average molecular weight is 357 g/mol. The van der Waals surface area contributed by atoms with E-state index in [0.717, 1.165) is 0 Å². The first-order valence-electron chi connectivity index (χ1n) is 6.73. The summed E-state index contributed by atoms with van der Waals surface area (Å²) < 4.78 is 0. The van der Waals surface area contributed by atoms with Gasteiger partial charge in [0.2, 0.25) is 11.8 Å². The summed E-state index contributed by atoms with van der Waals surface area (Å²) in [5.41, 5.74) is 2.74. The predicted octanol–water partition coefficient (Wildman–Crippen LogP) is 1.66. The van der Waals surface area contributed by atoms with E-state index < -0.39 is 11.8 Å². The zero-order valence-electron chi connectivity index (χ0n) is 12.2. The van der Waals surface area contributed by atoms with Crippen molar-refractivity contribution in [2.75, 3.05) is 18.9 Å². The lowest BCUT2D eigenvalue weighted by atomic mass is 10.1. The van der Waals surface area contributed by atoms with Crippen LogP contribution in [0.25, 0.3) is 0 Å². The highest BCUT2D eigenvalue weighted by Gasteiger charge is 2.23. The van der Waals surface area contributed by atoms with Gasteiger partial charge in [-0.3, -0.25) is 14.4 Å². The molecule has 1 aromatic rings. The third-order valence-electron chi connectivity index (χ3n) is 3.11. The molecule has 7 nitrogen and oxygen atoms in total. The Morgan fingerprint density at radius 2 is 1.96 bits per heavy atom. The van der Waals surface area contributed by atoms with Gasteiger partial charge in [0.15, 0.2) is 0 Å². The Bertz CT molecular complexity index is 670. The number of para-hydroxylation sites is 1. The van der Waals surface area contributed by atoms with Gasteiger partial charge < -0.3 is 10.2 Å². The molecule has 0 saturated carbocycles. The van der Waals surface area contributed by atoms with E-state index in [1.54, 1.807) is 18.2 Å². The normalized spacial score (nSPS) is 13.9. The quantitative estimate of drug-likeness (QED) is 0.859.